The van der Waals surface area contributed by atoms with E-state index in [0.717, 1.165) is 56.2 Å². The number of morpholine rings is 1. The first-order valence-electron chi connectivity index (χ1n) is 11.4. The van der Waals surface area contributed by atoms with Crippen LogP contribution in [0.3, 0.4) is 0 Å². The molecule has 0 bridgehead atoms. The predicted molar refractivity (Wildman–Crippen MR) is 121 cm³/mol. The van der Waals surface area contributed by atoms with Crippen LogP contribution in [0.15, 0.2) is 30.7 Å². The molecule has 2 aliphatic rings. The summed E-state index contributed by atoms with van der Waals surface area (Å²) in [6, 6.07) is 5.50. The molecule has 3 aromatic rings. The lowest BCUT2D eigenvalue weighted by atomic mass is 9.90. The summed E-state index contributed by atoms with van der Waals surface area (Å²) in [6.45, 7) is 8.10. The summed E-state index contributed by atoms with van der Waals surface area (Å²) in [5.41, 5.74) is 1.89. The summed E-state index contributed by atoms with van der Waals surface area (Å²) in [6.07, 6.45) is 10.5. The Kier molecular flexibility index (Phi) is 5.78. The van der Waals surface area contributed by atoms with E-state index in [9.17, 15) is 0 Å². The van der Waals surface area contributed by atoms with Gasteiger partial charge in [0.15, 0.2) is 5.82 Å². The Hall–Kier alpha value is -2.65. The normalized spacial score (nSPS) is 22.8. The molecule has 0 radical (unpaired) electrons. The van der Waals surface area contributed by atoms with E-state index in [2.05, 4.69) is 45.6 Å². The molecule has 1 saturated carbocycles. The first-order valence-corrected chi connectivity index (χ1v) is 11.4. The Balaban J connectivity index is 1.27. The van der Waals surface area contributed by atoms with Gasteiger partial charge in [-0.25, -0.2) is 4.52 Å². The second-order valence-corrected chi connectivity index (χ2v) is 8.85. The Morgan fingerprint density at radius 3 is 2.68 bits per heavy atom. The first kappa shape index (κ1) is 20.3. The van der Waals surface area contributed by atoms with E-state index in [1.165, 1.54) is 12.8 Å². The average molecular weight is 425 g/mol. The topological polar surface area (TPSA) is 84.5 Å². The smallest absolute Gasteiger partial charge is 0.247 e. The number of aromatic nitrogens is 5. The lowest BCUT2D eigenvalue weighted by Gasteiger charge is -2.39. The fourth-order valence-electron chi connectivity index (χ4n) is 4.63. The molecule has 9 heteroatoms. The quantitative estimate of drug-likeness (QED) is 0.628. The Morgan fingerprint density at radius 1 is 1.13 bits per heavy atom. The highest BCUT2D eigenvalue weighted by atomic mass is 16.5. The fourth-order valence-corrected chi connectivity index (χ4v) is 4.63. The van der Waals surface area contributed by atoms with Gasteiger partial charge in [0.1, 0.15) is 5.52 Å². The number of rotatable bonds is 6. The minimum absolute atomic E-state index is 0.313. The molecule has 0 aromatic carbocycles. The first-order chi connectivity index (χ1) is 15.2. The van der Waals surface area contributed by atoms with Crippen LogP contribution in [0.5, 0.6) is 0 Å². The maximum Gasteiger partial charge on any atom is 0.247 e. The van der Waals surface area contributed by atoms with Gasteiger partial charge in [0, 0.05) is 43.6 Å². The van der Waals surface area contributed by atoms with Crippen LogP contribution < -0.4 is 10.6 Å². The summed E-state index contributed by atoms with van der Waals surface area (Å²) in [4.78, 5) is 7.41. The molecule has 2 fully saturated rings. The average Bonchev–Trinajstić information content (AvgIpc) is 3.45. The Labute approximate surface area is 182 Å². The van der Waals surface area contributed by atoms with E-state index in [0.29, 0.717) is 24.1 Å². The number of nitrogens with zero attached hydrogens (tertiary/aromatic N) is 6. The van der Waals surface area contributed by atoms with Gasteiger partial charge >= 0.3 is 0 Å². The van der Waals surface area contributed by atoms with Crippen LogP contribution in [-0.4, -0.2) is 67.7 Å². The molecule has 166 valence electrons. The molecule has 4 heterocycles. The maximum absolute atomic E-state index is 5.51. The van der Waals surface area contributed by atoms with Gasteiger partial charge in [0.2, 0.25) is 5.95 Å². The van der Waals surface area contributed by atoms with Gasteiger partial charge in [-0.3, -0.25) is 9.58 Å². The molecule has 1 aliphatic carbocycles. The molecule has 0 spiro atoms. The summed E-state index contributed by atoms with van der Waals surface area (Å²) in [5.74, 6) is 1.45. The van der Waals surface area contributed by atoms with Gasteiger partial charge in [-0.05, 0) is 51.7 Å². The Morgan fingerprint density at radius 2 is 1.94 bits per heavy atom. The maximum atomic E-state index is 5.51. The summed E-state index contributed by atoms with van der Waals surface area (Å²) in [5, 5.41) is 16.0. The van der Waals surface area contributed by atoms with Gasteiger partial charge < -0.3 is 15.4 Å². The minimum atomic E-state index is 0.313. The number of ether oxygens (including phenoxy) is 1. The van der Waals surface area contributed by atoms with Crippen molar-refractivity contribution in [1.29, 1.82) is 0 Å². The summed E-state index contributed by atoms with van der Waals surface area (Å²) < 4.78 is 9.31. The van der Waals surface area contributed by atoms with Crippen LogP contribution in [0.25, 0.3) is 5.52 Å². The second kappa shape index (κ2) is 8.84. The SMILES string of the molecule is CC(C)n1cc(Nc2nc(NC3CCC(N4CCOCC4)CC3)c3cccn3n2)cn1. The zero-order chi connectivity index (χ0) is 21.2. The number of nitrogens with one attached hydrogen (secondary N) is 2. The molecule has 5 rings (SSSR count). The van der Waals surface area contributed by atoms with Crippen molar-refractivity contribution in [3.05, 3.63) is 30.7 Å². The second-order valence-electron chi connectivity index (χ2n) is 8.85. The monoisotopic (exact) mass is 424 g/mol. The van der Waals surface area contributed by atoms with E-state index in [1.54, 1.807) is 0 Å². The highest BCUT2D eigenvalue weighted by Gasteiger charge is 2.27. The predicted octanol–water partition coefficient (Wildman–Crippen LogP) is 3.31. The molecule has 3 aromatic heterocycles. The van der Waals surface area contributed by atoms with E-state index in [-0.39, 0.29) is 0 Å². The van der Waals surface area contributed by atoms with Crippen molar-refractivity contribution in [3.63, 3.8) is 0 Å². The molecular weight excluding hydrogens is 392 g/mol. The van der Waals surface area contributed by atoms with E-state index in [4.69, 9.17) is 9.72 Å². The summed E-state index contributed by atoms with van der Waals surface area (Å²) in [7, 11) is 0. The van der Waals surface area contributed by atoms with Crippen molar-refractivity contribution in [2.75, 3.05) is 36.9 Å². The highest BCUT2D eigenvalue weighted by Crippen LogP contribution is 2.28. The van der Waals surface area contributed by atoms with Crippen molar-refractivity contribution in [3.8, 4) is 0 Å². The summed E-state index contributed by atoms with van der Waals surface area (Å²) >= 11 is 0. The molecule has 2 N–H and O–H groups in total. The van der Waals surface area contributed by atoms with Crippen molar-refractivity contribution in [2.24, 2.45) is 0 Å². The van der Waals surface area contributed by atoms with Crippen LogP contribution in [-0.2, 0) is 4.74 Å². The third kappa shape index (κ3) is 4.52. The van der Waals surface area contributed by atoms with Crippen LogP contribution in [0.4, 0.5) is 17.5 Å². The molecule has 0 amide bonds. The standard InChI is InChI=1S/C22H32N8O/c1-16(2)30-15-18(14-23-30)25-22-26-21(20-4-3-9-29(20)27-22)24-17-5-7-19(8-6-17)28-10-12-31-13-11-28/h3-4,9,14-17,19H,5-8,10-13H2,1-2H3,(H2,24,25,26,27). The van der Waals surface area contributed by atoms with Crippen molar-refractivity contribution < 1.29 is 4.74 Å². The third-order valence-electron chi connectivity index (χ3n) is 6.38. The lowest BCUT2D eigenvalue weighted by molar-refractivity contribution is 0.00791. The van der Waals surface area contributed by atoms with Crippen LogP contribution >= 0.6 is 0 Å². The molecule has 31 heavy (non-hydrogen) atoms. The zero-order valence-corrected chi connectivity index (χ0v) is 18.4. The molecule has 1 aliphatic heterocycles. The van der Waals surface area contributed by atoms with Gasteiger partial charge in [-0.1, -0.05) is 0 Å². The van der Waals surface area contributed by atoms with Gasteiger partial charge in [0.05, 0.1) is 25.1 Å². The van der Waals surface area contributed by atoms with Crippen molar-refractivity contribution in [2.45, 2.75) is 57.7 Å². The number of fused-ring (bicyclic) bond motifs is 1. The lowest BCUT2D eigenvalue weighted by Crippen LogP contribution is -2.46. The minimum Gasteiger partial charge on any atom is -0.379 e. The van der Waals surface area contributed by atoms with Crippen LogP contribution in [0.2, 0.25) is 0 Å². The van der Waals surface area contributed by atoms with Crippen LogP contribution in [0.1, 0.15) is 45.6 Å². The molecule has 0 atom stereocenters. The number of anilines is 3. The number of hydrogen-bond donors (Lipinski definition) is 2. The van der Waals surface area contributed by atoms with E-state index >= 15 is 0 Å². The molecular formula is C22H32N8O. The van der Waals surface area contributed by atoms with Gasteiger partial charge in [-0.2, -0.15) is 10.1 Å². The van der Waals surface area contributed by atoms with Crippen molar-refractivity contribution in [1.82, 2.24) is 29.3 Å². The van der Waals surface area contributed by atoms with E-state index in [1.807, 2.05) is 33.9 Å². The van der Waals surface area contributed by atoms with Gasteiger partial charge in [-0.15, -0.1) is 5.10 Å². The zero-order valence-electron chi connectivity index (χ0n) is 18.4. The van der Waals surface area contributed by atoms with Crippen LogP contribution in [0, 0.1) is 0 Å². The van der Waals surface area contributed by atoms with E-state index < -0.39 is 0 Å². The van der Waals surface area contributed by atoms with Gasteiger partial charge in [0.25, 0.3) is 0 Å². The highest BCUT2D eigenvalue weighted by molar-refractivity contribution is 5.69. The largest absolute Gasteiger partial charge is 0.379 e. The molecule has 1 saturated heterocycles. The van der Waals surface area contributed by atoms with Crippen molar-refractivity contribution >= 4 is 23.0 Å². The third-order valence-corrected chi connectivity index (χ3v) is 6.38. The Bertz CT molecular complexity index is 998. The number of hydrogen-bond acceptors (Lipinski definition) is 7. The fraction of sp³-hybridized carbons (Fsp3) is 0.591. The molecule has 9 nitrogen and oxygen atoms in total. The molecule has 0 unspecified atom stereocenters.